The molecule has 0 aliphatic heterocycles. The van der Waals surface area contributed by atoms with E-state index in [9.17, 15) is 15.0 Å². The van der Waals surface area contributed by atoms with E-state index in [2.05, 4.69) is 25.2 Å². The number of carbonyl (C=O) groups is 1. The lowest BCUT2D eigenvalue weighted by Crippen LogP contribution is -2.25. The highest BCUT2D eigenvalue weighted by Gasteiger charge is 2.27. The van der Waals surface area contributed by atoms with Crippen LogP contribution in [0.25, 0.3) is 0 Å². The molecule has 0 bridgehead atoms. The molecule has 1 aromatic carbocycles. The van der Waals surface area contributed by atoms with E-state index in [0.717, 1.165) is 56.1 Å². The number of unbranched alkanes of at least 4 members (excludes halogenated alkanes) is 2. The van der Waals surface area contributed by atoms with Gasteiger partial charge in [0, 0.05) is 24.0 Å². The Hall–Kier alpha value is -1.97. The molecule has 4 nitrogen and oxygen atoms in total. The molecule has 0 spiro atoms. The van der Waals surface area contributed by atoms with E-state index in [1.807, 2.05) is 6.92 Å². The van der Waals surface area contributed by atoms with Crippen LogP contribution in [0, 0.1) is 0 Å². The molecule has 144 valence electrons. The van der Waals surface area contributed by atoms with Gasteiger partial charge in [0.05, 0.1) is 6.04 Å². The summed E-state index contributed by atoms with van der Waals surface area (Å²) in [5.41, 5.74) is 3.58. The fourth-order valence-corrected chi connectivity index (χ4v) is 4.08. The zero-order valence-corrected chi connectivity index (χ0v) is 16.6. The lowest BCUT2D eigenvalue weighted by molar-refractivity contribution is -0.119. The molecule has 0 fully saturated rings. The number of hydrogen-bond donors (Lipinski definition) is 3. The van der Waals surface area contributed by atoms with Crippen molar-refractivity contribution in [1.82, 2.24) is 5.32 Å². The van der Waals surface area contributed by atoms with Gasteiger partial charge in [-0.2, -0.15) is 0 Å². The van der Waals surface area contributed by atoms with Crippen molar-refractivity contribution < 1.29 is 15.0 Å². The van der Waals surface area contributed by atoms with Gasteiger partial charge in [0.25, 0.3) is 0 Å². The molecule has 1 amide bonds. The van der Waals surface area contributed by atoms with E-state index in [0.29, 0.717) is 5.56 Å². The van der Waals surface area contributed by atoms with Crippen LogP contribution < -0.4 is 5.32 Å². The predicted octanol–water partition coefficient (Wildman–Crippen LogP) is 5.24. The van der Waals surface area contributed by atoms with Gasteiger partial charge in [0.15, 0.2) is 0 Å². The fraction of sp³-hybridized carbons (Fsp3) is 0.591. The van der Waals surface area contributed by atoms with Crippen molar-refractivity contribution >= 4 is 5.91 Å². The highest BCUT2D eigenvalue weighted by Crippen LogP contribution is 2.45. The van der Waals surface area contributed by atoms with Crippen LogP contribution in [-0.2, 0) is 11.2 Å². The van der Waals surface area contributed by atoms with E-state index < -0.39 is 0 Å². The van der Waals surface area contributed by atoms with Gasteiger partial charge in [-0.15, -0.1) is 0 Å². The number of amides is 1. The smallest absolute Gasteiger partial charge is 0.217 e. The first kappa shape index (κ1) is 20.3. The topological polar surface area (TPSA) is 69.6 Å². The number of nitrogens with one attached hydrogen (secondary N) is 1. The Bertz CT molecular complexity index is 678. The number of phenols is 2. The highest BCUT2D eigenvalue weighted by atomic mass is 16.3. The molecule has 1 aliphatic carbocycles. The van der Waals surface area contributed by atoms with Crippen molar-refractivity contribution in [3.05, 3.63) is 34.4 Å². The van der Waals surface area contributed by atoms with Gasteiger partial charge in [0.2, 0.25) is 5.91 Å². The maximum atomic E-state index is 11.6. The third-order valence-corrected chi connectivity index (χ3v) is 5.29. The minimum absolute atomic E-state index is 0.0247. The summed E-state index contributed by atoms with van der Waals surface area (Å²) < 4.78 is 0. The Morgan fingerprint density at radius 1 is 1.35 bits per heavy atom. The van der Waals surface area contributed by atoms with Crippen molar-refractivity contribution in [3.63, 3.8) is 0 Å². The first-order valence-corrected chi connectivity index (χ1v) is 9.87. The minimum Gasteiger partial charge on any atom is -0.507 e. The standard InChI is InChI=1S/C22H33NO3/c1-5-6-7-10-18-13-19(25)21(17-11-8-9-14(2)12-17)22(26)20(18)15(3)23-16(4)24/h12-13,15,17,25-26H,5-11H2,1-4H3,(H,23,24). The number of carbonyl (C=O) groups excluding carboxylic acids is 1. The van der Waals surface area contributed by atoms with Crippen molar-refractivity contribution in [2.24, 2.45) is 0 Å². The Balaban J connectivity index is 2.50. The molecule has 0 radical (unpaired) electrons. The molecular formula is C22H33NO3. The van der Waals surface area contributed by atoms with Gasteiger partial charge in [-0.3, -0.25) is 4.79 Å². The van der Waals surface area contributed by atoms with Crippen molar-refractivity contribution in [1.29, 1.82) is 0 Å². The molecule has 2 unspecified atom stereocenters. The van der Waals surface area contributed by atoms with Crippen molar-refractivity contribution in [2.45, 2.75) is 84.6 Å². The average Bonchev–Trinajstić information content (AvgIpc) is 2.54. The Labute approximate surface area is 157 Å². The fourth-order valence-electron chi connectivity index (χ4n) is 4.08. The van der Waals surface area contributed by atoms with Crippen LogP contribution in [0.4, 0.5) is 0 Å². The summed E-state index contributed by atoms with van der Waals surface area (Å²) in [6.45, 7) is 7.62. The zero-order chi connectivity index (χ0) is 19.3. The van der Waals surface area contributed by atoms with Gasteiger partial charge in [-0.25, -0.2) is 0 Å². The molecular weight excluding hydrogens is 326 g/mol. The van der Waals surface area contributed by atoms with E-state index in [1.165, 1.54) is 12.5 Å². The van der Waals surface area contributed by atoms with Crippen LogP contribution in [0.5, 0.6) is 11.5 Å². The molecule has 0 heterocycles. The summed E-state index contributed by atoms with van der Waals surface area (Å²) in [5, 5.41) is 24.7. The first-order chi connectivity index (χ1) is 12.3. The van der Waals surface area contributed by atoms with Crippen LogP contribution in [0.1, 0.15) is 94.9 Å². The summed E-state index contributed by atoms with van der Waals surface area (Å²) in [6.07, 6.45) is 9.19. The molecule has 26 heavy (non-hydrogen) atoms. The average molecular weight is 360 g/mol. The normalized spacial score (nSPS) is 18.3. The Morgan fingerprint density at radius 2 is 2.08 bits per heavy atom. The molecule has 0 saturated heterocycles. The first-order valence-electron chi connectivity index (χ1n) is 9.87. The summed E-state index contributed by atoms with van der Waals surface area (Å²) in [6, 6.07) is 1.51. The SMILES string of the molecule is CCCCCc1cc(O)c(C2C=C(C)CCC2)c(O)c1C(C)NC(C)=O. The lowest BCUT2D eigenvalue weighted by atomic mass is 9.82. The summed E-state index contributed by atoms with van der Waals surface area (Å²) in [5.74, 6) is 0.216. The van der Waals surface area contributed by atoms with E-state index in [4.69, 9.17) is 0 Å². The van der Waals surface area contributed by atoms with Crippen molar-refractivity contribution in [2.75, 3.05) is 0 Å². The molecule has 0 saturated carbocycles. The van der Waals surface area contributed by atoms with Gasteiger partial charge >= 0.3 is 0 Å². The molecule has 1 aliphatic rings. The van der Waals surface area contributed by atoms with Crippen LogP contribution in [0.2, 0.25) is 0 Å². The van der Waals surface area contributed by atoms with E-state index in [1.54, 1.807) is 6.07 Å². The van der Waals surface area contributed by atoms with E-state index in [-0.39, 0.29) is 29.4 Å². The predicted molar refractivity (Wildman–Crippen MR) is 106 cm³/mol. The zero-order valence-electron chi connectivity index (χ0n) is 16.6. The molecule has 4 heteroatoms. The van der Waals surface area contributed by atoms with Crippen LogP contribution >= 0.6 is 0 Å². The second kappa shape index (κ2) is 9.11. The van der Waals surface area contributed by atoms with Crippen LogP contribution in [0.15, 0.2) is 17.7 Å². The number of aryl methyl sites for hydroxylation is 1. The summed E-state index contributed by atoms with van der Waals surface area (Å²) in [4.78, 5) is 11.6. The van der Waals surface area contributed by atoms with Crippen LogP contribution in [0.3, 0.4) is 0 Å². The highest BCUT2D eigenvalue weighted by molar-refractivity contribution is 5.74. The second-order valence-corrected chi connectivity index (χ2v) is 7.62. The summed E-state index contributed by atoms with van der Waals surface area (Å²) in [7, 11) is 0. The van der Waals surface area contributed by atoms with E-state index >= 15 is 0 Å². The van der Waals surface area contributed by atoms with Gasteiger partial charge in [-0.05, 0) is 57.6 Å². The number of rotatable bonds is 7. The summed E-state index contributed by atoms with van der Waals surface area (Å²) >= 11 is 0. The minimum atomic E-state index is -0.294. The third kappa shape index (κ3) is 4.80. The van der Waals surface area contributed by atoms with Crippen molar-refractivity contribution in [3.8, 4) is 11.5 Å². The van der Waals surface area contributed by atoms with Gasteiger partial charge in [0.1, 0.15) is 11.5 Å². The van der Waals surface area contributed by atoms with Gasteiger partial charge < -0.3 is 15.5 Å². The molecule has 2 rings (SSSR count). The number of hydrogen-bond acceptors (Lipinski definition) is 3. The lowest BCUT2D eigenvalue weighted by Gasteiger charge is -2.26. The van der Waals surface area contributed by atoms with Gasteiger partial charge in [-0.1, -0.05) is 31.4 Å². The number of aromatic hydroxyl groups is 2. The monoisotopic (exact) mass is 359 g/mol. The maximum absolute atomic E-state index is 11.6. The second-order valence-electron chi connectivity index (χ2n) is 7.62. The Morgan fingerprint density at radius 3 is 2.69 bits per heavy atom. The number of benzene rings is 1. The maximum Gasteiger partial charge on any atom is 0.217 e. The quantitative estimate of drug-likeness (QED) is 0.460. The molecule has 0 aromatic heterocycles. The largest absolute Gasteiger partial charge is 0.507 e. The molecule has 2 atom stereocenters. The number of phenolic OH excluding ortho intramolecular Hbond substituents is 2. The number of allylic oxidation sites excluding steroid dienone is 2. The van der Waals surface area contributed by atoms with Crippen LogP contribution in [-0.4, -0.2) is 16.1 Å². The molecule has 1 aromatic rings. The molecule has 3 N–H and O–H groups in total. The third-order valence-electron chi connectivity index (χ3n) is 5.29. The Kier molecular flexibility index (Phi) is 7.13.